The summed E-state index contributed by atoms with van der Waals surface area (Å²) in [4.78, 5) is 27.7. The molecular formula is C30H32IO5S+. The van der Waals surface area contributed by atoms with E-state index >= 15 is 0 Å². The second kappa shape index (κ2) is 12.8. The van der Waals surface area contributed by atoms with E-state index in [1.165, 1.54) is 11.3 Å². The standard InChI is InChI=1S/C30H32IO5S/c1-22(31)29(33)35-24-13-17-27(18-14-24)37(25-9-5-3-6-10-25)26-15-11-23(12-16-26)34-21-28(32)36-30(2)19-7-4-8-20-30/h3,5-6,9-18,22H,4,7-8,19-21H2,1-2H3/q+1. The molecule has 194 valence electrons. The van der Waals surface area contributed by atoms with Crippen molar-refractivity contribution in [3.63, 3.8) is 0 Å². The lowest BCUT2D eigenvalue weighted by atomic mass is 9.86. The summed E-state index contributed by atoms with van der Waals surface area (Å²) in [6, 6.07) is 25.8. The van der Waals surface area contributed by atoms with Crippen LogP contribution in [0.15, 0.2) is 93.5 Å². The number of halogens is 1. The van der Waals surface area contributed by atoms with Gasteiger partial charge in [0, 0.05) is 0 Å². The van der Waals surface area contributed by atoms with E-state index in [-0.39, 0.29) is 39.0 Å². The fourth-order valence-electron chi connectivity index (χ4n) is 4.33. The van der Waals surface area contributed by atoms with Crippen LogP contribution >= 0.6 is 22.6 Å². The summed E-state index contributed by atoms with van der Waals surface area (Å²) in [6.45, 7) is 3.72. The van der Waals surface area contributed by atoms with Gasteiger partial charge in [0.1, 0.15) is 21.0 Å². The molecule has 1 fully saturated rings. The zero-order valence-electron chi connectivity index (χ0n) is 21.2. The Hall–Kier alpha value is -2.52. The number of benzene rings is 3. The Kier molecular flexibility index (Phi) is 9.54. The van der Waals surface area contributed by atoms with Crippen LogP contribution in [0.1, 0.15) is 46.0 Å². The van der Waals surface area contributed by atoms with E-state index in [0.717, 1.165) is 35.5 Å². The van der Waals surface area contributed by atoms with Crippen LogP contribution in [0.4, 0.5) is 0 Å². The highest BCUT2D eigenvalue weighted by atomic mass is 127. The van der Waals surface area contributed by atoms with E-state index in [2.05, 4.69) is 12.1 Å². The fraction of sp³-hybridized carbons (Fsp3) is 0.333. The molecule has 7 heteroatoms. The SMILES string of the molecule is CC(I)C(=O)Oc1ccc([S+](c2ccccc2)c2ccc(OCC(=O)OC3(C)CCCCC3)cc2)cc1. The molecule has 4 rings (SSSR count). The second-order valence-electron chi connectivity index (χ2n) is 9.37. The molecule has 1 saturated carbocycles. The average Bonchev–Trinajstić information content (AvgIpc) is 2.90. The lowest BCUT2D eigenvalue weighted by Gasteiger charge is -2.33. The number of esters is 2. The van der Waals surface area contributed by atoms with Crippen molar-refractivity contribution in [1.82, 2.24) is 0 Å². The molecule has 3 aromatic rings. The molecular weight excluding hydrogens is 599 g/mol. The quantitative estimate of drug-likeness (QED) is 0.0826. The first kappa shape index (κ1) is 27.5. The van der Waals surface area contributed by atoms with E-state index < -0.39 is 0 Å². The van der Waals surface area contributed by atoms with E-state index in [4.69, 9.17) is 14.2 Å². The van der Waals surface area contributed by atoms with Gasteiger partial charge in [0.05, 0.1) is 10.9 Å². The van der Waals surface area contributed by atoms with Crippen LogP contribution < -0.4 is 9.47 Å². The van der Waals surface area contributed by atoms with E-state index in [9.17, 15) is 9.59 Å². The maximum Gasteiger partial charge on any atom is 0.344 e. The Morgan fingerprint density at radius 2 is 1.38 bits per heavy atom. The van der Waals surface area contributed by atoms with Gasteiger partial charge < -0.3 is 14.2 Å². The molecule has 2 atom stereocenters. The molecule has 1 aliphatic carbocycles. The van der Waals surface area contributed by atoms with Crippen molar-refractivity contribution in [2.75, 3.05) is 6.61 Å². The van der Waals surface area contributed by atoms with Gasteiger partial charge in [-0.2, -0.15) is 0 Å². The summed E-state index contributed by atoms with van der Waals surface area (Å²) in [5, 5.41) is 0. The minimum atomic E-state index is -0.366. The van der Waals surface area contributed by atoms with Crippen LogP contribution in [0.25, 0.3) is 0 Å². The van der Waals surface area contributed by atoms with Crippen LogP contribution in [-0.2, 0) is 25.2 Å². The minimum Gasteiger partial charge on any atom is -0.482 e. The highest BCUT2D eigenvalue weighted by Crippen LogP contribution is 2.34. The van der Waals surface area contributed by atoms with Crippen molar-refractivity contribution >= 4 is 45.4 Å². The van der Waals surface area contributed by atoms with E-state index in [0.29, 0.717) is 11.5 Å². The molecule has 0 aliphatic heterocycles. The van der Waals surface area contributed by atoms with Crippen LogP contribution in [0.2, 0.25) is 0 Å². The first-order chi connectivity index (χ1) is 17.8. The molecule has 0 N–H and O–H groups in total. The number of carbonyl (C=O) groups excluding carboxylic acids is 2. The number of rotatable bonds is 9. The first-order valence-electron chi connectivity index (χ1n) is 12.5. The maximum atomic E-state index is 12.4. The molecule has 0 spiro atoms. The molecule has 37 heavy (non-hydrogen) atoms. The van der Waals surface area contributed by atoms with Gasteiger partial charge in [0.2, 0.25) is 0 Å². The number of hydrogen-bond acceptors (Lipinski definition) is 5. The van der Waals surface area contributed by atoms with Crippen molar-refractivity contribution in [3.05, 3.63) is 78.9 Å². The minimum absolute atomic E-state index is 0.102. The molecule has 0 amide bonds. The molecule has 0 bridgehead atoms. The lowest BCUT2D eigenvalue weighted by Crippen LogP contribution is -2.35. The van der Waals surface area contributed by atoms with Crippen molar-refractivity contribution in [1.29, 1.82) is 0 Å². The Morgan fingerprint density at radius 3 is 1.95 bits per heavy atom. The second-order valence-corrected chi connectivity index (χ2v) is 13.3. The summed E-state index contributed by atoms with van der Waals surface area (Å²) >= 11 is 2.04. The third-order valence-corrected chi connectivity index (χ3v) is 9.01. The van der Waals surface area contributed by atoms with Crippen molar-refractivity contribution in [3.8, 4) is 11.5 Å². The summed E-state index contributed by atoms with van der Waals surface area (Å²) in [5.74, 6) is 0.575. The Bertz CT molecular complexity index is 1170. The molecule has 0 heterocycles. The van der Waals surface area contributed by atoms with Crippen LogP contribution in [0, 0.1) is 0 Å². The van der Waals surface area contributed by atoms with Crippen molar-refractivity contribution < 1.29 is 23.8 Å². The average molecular weight is 632 g/mol. The number of ether oxygens (including phenoxy) is 3. The van der Waals surface area contributed by atoms with Gasteiger partial charge >= 0.3 is 11.9 Å². The molecule has 1 aliphatic rings. The van der Waals surface area contributed by atoms with Gasteiger partial charge in [-0.3, -0.25) is 4.79 Å². The molecule has 2 unspecified atom stereocenters. The third-order valence-electron chi connectivity index (χ3n) is 6.27. The summed E-state index contributed by atoms with van der Waals surface area (Å²) in [5.41, 5.74) is -0.366. The number of carbonyl (C=O) groups is 2. The fourth-order valence-corrected chi connectivity index (χ4v) is 6.52. The van der Waals surface area contributed by atoms with E-state index in [1.54, 1.807) is 6.92 Å². The molecule has 0 aromatic heterocycles. The largest absolute Gasteiger partial charge is 0.482 e. The highest BCUT2D eigenvalue weighted by Gasteiger charge is 2.31. The summed E-state index contributed by atoms with van der Waals surface area (Å²) in [7, 11) is -0.365. The van der Waals surface area contributed by atoms with Crippen molar-refractivity contribution in [2.24, 2.45) is 0 Å². The van der Waals surface area contributed by atoms with Gasteiger partial charge in [-0.15, -0.1) is 0 Å². The predicted molar refractivity (Wildman–Crippen MR) is 154 cm³/mol. The van der Waals surface area contributed by atoms with Gasteiger partial charge in [-0.25, -0.2) is 4.79 Å². The van der Waals surface area contributed by atoms with Gasteiger partial charge in [-0.1, -0.05) is 47.2 Å². The smallest absolute Gasteiger partial charge is 0.344 e. The lowest BCUT2D eigenvalue weighted by molar-refractivity contribution is -0.163. The zero-order chi connectivity index (χ0) is 26.3. The zero-order valence-corrected chi connectivity index (χ0v) is 24.1. The normalized spacial score (nSPS) is 16.3. The van der Waals surface area contributed by atoms with Gasteiger partial charge in [-0.05, 0) is 100 Å². The Morgan fingerprint density at radius 1 is 0.838 bits per heavy atom. The molecule has 5 nitrogen and oxygen atoms in total. The van der Waals surface area contributed by atoms with Crippen molar-refractivity contribution in [2.45, 2.75) is 70.2 Å². The summed E-state index contributed by atoms with van der Waals surface area (Å²) in [6.07, 6.45) is 5.23. The maximum absolute atomic E-state index is 12.4. The monoisotopic (exact) mass is 631 g/mol. The van der Waals surface area contributed by atoms with Crippen LogP contribution in [-0.4, -0.2) is 28.1 Å². The highest BCUT2D eigenvalue weighted by molar-refractivity contribution is 14.1. The van der Waals surface area contributed by atoms with E-state index in [1.807, 2.05) is 96.2 Å². The van der Waals surface area contributed by atoms with Crippen LogP contribution in [0.3, 0.4) is 0 Å². The predicted octanol–water partition coefficient (Wildman–Crippen LogP) is 7.16. The molecule has 0 saturated heterocycles. The van der Waals surface area contributed by atoms with Crippen LogP contribution in [0.5, 0.6) is 11.5 Å². The Labute approximate surface area is 235 Å². The first-order valence-corrected chi connectivity index (χ1v) is 15.0. The van der Waals surface area contributed by atoms with Gasteiger partial charge in [0.25, 0.3) is 0 Å². The number of alkyl halides is 1. The molecule has 0 radical (unpaired) electrons. The molecule has 3 aromatic carbocycles. The summed E-state index contributed by atoms with van der Waals surface area (Å²) < 4.78 is 16.7. The topological polar surface area (TPSA) is 61.8 Å². The number of hydrogen-bond donors (Lipinski definition) is 0. The Balaban J connectivity index is 1.46. The van der Waals surface area contributed by atoms with Gasteiger partial charge in [0.15, 0.2) is 21.3 Å². The third kappa shape index (κ3) is 7.74.